The topological polar surface area (TPSA) is 273 Å². The summed E-state index contributed by atoms with van der Waals surface area (Å²) in [7, 11) is 11.9. The first-order valence-electron chi connectivity index (χ1n) is 21.1. The number of ether oxygens (including phenoxy) is 4. The van der Waals surface area contributed by atoms with Crippen LogP contribution in [0.1, 0.15) is 92.9 Å². The molecule has 0 fully saturated rings. The lowest BCUT2D eigenvalue weighted by molar-refractivity contribution is -0.870. The van der Waals surface area contributed by atoms with E-state index < -0.39 is 77.2 Å². The maximum Gasteiger partial charge on any atom is 0.408 e. The summed E-state index contributed by atoms with van der Waals surface area (Å²) in [6.07, 6.45) is 0.373. The summed E-state index contributed by atoms with van der Waals surface area (Å²) in [5.41, 5.74) is 3.75. The minimum absolute atomic E-state index is 0. The number of aliphatic carboxylic acids is 1. The van der Waals surface area contributed by atoms with Gasteiger partial charge in [-0.15, -0.1) is 0 Å². The molecular weight excluding hydrogens is 1040 g/mol. The first-order chi connectivity index (χ1) is 29.2. The first-order valence-corrected chi connectivity index (χ1v) is 23.1. The molecule has 0 aromatic heterocycles. The molecule has 386 valence electrons. The van der Waals surface area contributed by atoms with Gasteiger partial charge in [0.2, 0.25) is 11.8 Å². The van der Waals surface area contributed by atoms with Crippen molar-refractivity contribution in [3.63, 3.8) is 0 Å². The Morgan fingerprint density at radius 2 is 1.03 bits per heavy atom. The van der Waals surface area contributed by atoms with E-state index in [0.717, 1.165) is 0 Å². The number of carbonyl (C=O) groups excluding carboxylic acids is 8. The maximum atomic E-state index is 12.7. The van der Waals surface area contributed by atoms with E-state index in [4.69, 9.17) is 29.8 Å². The van der Waals surface area contributed by atoms with Crippen molar-refractivity contribution in [1.82, 2.24) is 16.0 Å². The highest BCUT2D eigenvalue weighted by atomic mass is 79.9. The van der Waals surface area contributed by atoms with Crippen LogP contribution in [0.15, 0.2) is 0 Å². The number of carboxylic acids is 1. The van der Waals surface area contributed by atoms with Gasteiger partial charge in [-0.05, 0) is 60.6 Å². The van der Waals surface area contributed by atoms with Gasteiger partial charge in [0, 0.05) is 37.2 Å². The van der Waals surface area contributed by atoms with E-state index in [2.05, 4.69) is 28.6 Å². The number of thioether (sulfide) groups is 1. The quantitative estimate of drug-likeness (QED) is 0.0187. The van der Waals surface area contributed by atoms with Crippen LogP contribution in [0.5, 0.6) is 0 Å². The molecule has 4 atom stereocenters. The summed E-state index contributed by atoms with van der Waals surface area (Å²) in [6.45, 7) is 12.0. The molecule has 20 nitrogen and oxygen atoms in total. The van der Waals surface area contributed by atoms with Crippen LogP contribution in [0.4, 0.5) is 4.79 Å². The number of hydrogen-bond acceptors (Lipinski definition) is 16. The molecule has 0 rings (SSSR count). The molecule has 4 unspecified atom stereocenters. The zero-order chi connectivity index (χ0) is 50.1. The van der Waals surface area contributed by atoms with Crippen molar-refractivity contribution in [2.75, 3.05) is 86.4 Å². The first kappa shape index (κ1) is 69.5. The fraction of sp³-hybridized carbons (Fsp3) is 0.786. The number of ketones is 2. The lowest BCUT2D eigenvalue weighted by atomic mass is 10.1. The third-order valence-electron chi connectivity index (χ3n) is 8.21. The molecule has 6 N–H and O–H groups in total. The maximum absolute atomic E-state index is 12.7. The normalized spacial score (nSPS) is 13.2. The standard InChI is InChI=1S/C26H47N3O8S.C16H29N3O6S.2BrH/c1-25(2,3)36-23(33)18(28-24(34)37-26(4,5)6)11-13-21(31)27-19(17-38-10)20(30)12-14-22(32)35-16-15-29(7,8)9;1-19(2,3)8-9-25-15(22)7-5-13(20)12(10-26)18-14(21)6-4-11(17)16(23)24;;/h18-19H,11-17H2,1-10H3,(H-,27,28,31,34);11-12H,4-10,17H2,1-3H3,(H2-,18,21,23,24,26);2*1H. The fourth-order valence-corrected chi connectivity index (χ4v) is 5.61. The van der Waals surface area contributed by atoms with Crippen LogP contribution in [0.25, 0.3) is 0 Å². The van der Waals surface area contributed by atoms with Crippen molar-refractivity contribution >= 4 is 77.7 Å². The summed E-state index contributed by atoms with van der Waals surface area (Å²) in [4.78, 5) is 108. The predicted molar refractivity (Wildman–Crippen MR) is 245 cm³/mol. The van der Waals surface area contributed by atoms with Crippen LogP contribution in [0, 0.1) is 0 Å². The fourth-order valence-electron chi connectivity index (χ4n) is 4.71. The molecule has 66 heavy (non-hydrogen) atoms. The van der Waals surface area contributed by atoms with E-state index >= 15 is 0 Å². The van der Waals surface area contributed by atoms with Gasteiger partial charge >= 0.3 is 30.0 Å². The van der Waals surface area contributed by atoms with E-state index in [-0.39, 0.29) is 116 Å². The number of carbonyl (C=O) groups is 9. The van der Waals surface area contributed by atoms with Crippen LogP contribution < -0.4 is 55.6 Å². The van der Waals surface area contributed by atoms with Gasteiger partial charge in [0.15, 0.2) is 11.6 Å². The molecule has 0 aliphatic carbocycles. The van der Waals surface area contributed by atoms with Crippen molar-refractivity contribution in [1.29, 1.82) is 0 Å². The highest BCUT2D eigenvalue weighted by Gasteiger charge is 2.30. The smallest absolute Gasteiger partial charge is 0.408 e. The van der Waals surface area contributed by atoms with Crippen molar-refractivity contribution in [2.24, 2.45) is 5.73 Å². The second-order valence-electron chi connectivity index (χ2n) is 19.0. The minimum atomic E-state index is -1.19. The number of likely N-dealkylation sites (N-methyl/N-ethyl adjacent to an activating group) is 2. The van der Waals surface area contributed by atoms with E-state index in [1.54, 1.807) is 47.8 Å². The van der Waals surface area contributed by atoms with Crippen LogP contribution >= 0.6 is 24.4 Å². The van der Waals surface area contributed by atoms with Gasteiger partial charge in [-0.25, -0.2) is 9.59 Å². The number of thiol groups is 1. The number of nitrogens with one attached hydrogen (secondary N) is 3. The number of Topliss-reactive ketones (excluding diaryl/α,β-unsaturated/α-hetero) is 2. The number of hydrogen-bond donors (Lipinski definition) is 6. The third-order valence-corrected chi connectivity index (χ3v) is 9.24. The SMILES string of the molecule is CSCC(NC(=O)CCC(NC(=O)OC(C)(C)C)C(=O)OC(C)(C)C)C(=O)CCC(=O)OCC[N+](C)(C)C.C[N+](C)(C)CCOC(=O)CCC(=O)C(CS)NC(=O)CCC(N)C(=O)O.[Br-].[Br-]. The van der Waals surface area contributed by atoms with E-state index in [9.17, 15) is 43.2 Å². The van der Waals surface area contributed by atoms with Crippen LogP contribution in [0.2, 0.25) is 0 Å². The Hall–Kier alpha value is -3.03. The molecule has 0 aromatic carbocycles. The molecule has 0 aromatic rings. The Bertz CT molecular complexity index is 1550. The van der Waals surface area contributed by atoms with Gasteiger partial charge in [0.05, 0.1) is 67.2 Å². The zero-order valence-electron chi connectivity index (χ0n) is 41.0. The second kappa shape index (κ2) is 34.3. The van der Waals surface area contributed by atoms with Crippen LogP contribution in [-0.2, 0) is 57.3 Å². The van der Waals surface area contributed by atoms with Crippen molar-refractivity contribution in [3.8, 4) is 0 Å². The van der Waals surface area contributed by atoms with E-state index in [0.29, 0.717) is 27.8 Å². The monoisotopic (exact) mass is 1110 g/mol. The number of nitrogens with two attached hydrogens (primary N) is 1. The van der Waals surface area contributed by atoms with Gasteiger partial charge < -0.3 is 88.7 Å². The Kier molecular flexibility index (Phi) is 36.1. The zero-order valence-corrected chi connectivity index (χ0v) is 45.9. The number of esters is 3. The molecule has 0 saturated carbocycles. The van der Waals surface area contributed by atoms with Gasteiger partial charge in [-0.2, -0.15) is 24.4 Å². The van der Waals surface area contributed by atoms with Crippen molar-refractivity contribution < 1.29 is 110 Å². The Labute approximate surface area is 422 Å². The molecule has 0 radical (unpaired) electrons. The Balaban J connectivity index is -0.000000603. The molecular formula is C42H78Br2N6O14S2. The van der Waals surface area contributed by atoms with Gasteiger partial charge in [-0.1, -0.05) is 0 Å². The number of quaternary nitrogens is 2. The number of alkyl carbamates (subject to hydrolysis) is 1. The molecule has 0 aliphatic rings. The summed E-state index contributed by atoms with van der Waals surface area (Å²) in [5.74, 6) is -4.00. The lowest BCUT2D eigenvalue weighted by Gasteiger charge is -2.26. The van der Waals surface area contributed by atoms with E-state index in [1.165, 1.54) is 11.8 Å². The number of amides is 3. The highest BCUT2D eigenvalue weighted by Crippen LogP contribution is 2.14. The Morgan fingerprint density at radius 3 is 1.41 bits per heavy atom. The lowest BCUT2D eigenvalue weighted by Crippen LogP contribution is -3.00. The van der Waals surface area contributed by atoms with Crippen LogP contribution in [0.3, 0.4) is 0 Å². The molecule has 0 heterocycles. The predicted octanol–water partition coefficient (Wildman–Crippen LogP) is -4.35. The molecule has 3 amide bonds. The van der Waals surface area contributed by atoms with Crippen molar-refractivity contribution in [3.05, 3.63) is 0 Å². The summed E-state index contributed by atoms with van der Waals surface area (Å²) in [5, 5.41) is 16.3. The van der Waals surface area contributed by atoms with Crippen LogP contribution in [-0.4, -0.2) is 189 Å². The van der Waals surface area contributed by atoms with Crippen molar-refractivity contribution in [2.45, 2.75) is 128 Å². The third kappa shape index (κ3) is 40.1. The van der Waals surface area contributed by atoms with Gasteiger partial charge in [0.1, 0.15) is 49.6 Å². The molecule has 0 bridgehead atoms. The van der Waals surface area contributed by atoms with E-state index in [1.807, 2.05) is 42.3 Å². The number of carboxylic acid groups (broad SMARTS) is 1. The molecule has 0 spiro atoms. The average Bonchev–Trinajstić information content (AvgIpc) is 3.13. The number of halogens is 2. The van der Waals surface area contributed by atoms with Gasteiger partial charge in [0.25, 0.3) is 0 Å². The molecule has 0 aliphatic heterocycles. The summed E-state index contributed by atoms with van der Waals surface area (Å²) >= 11 is 5.41. The Morgan fingerprint density at radius 1 is 0.621 bits per heavy atom. The number of nitrogens with zero attached hydrogens (tertiary/aromatic N) is 2. The second-order valence-corrected chi connectivity index (χ2v) is 20.3. The largest absolute Gasteiger partial charge is 1.00 e. The highest BCUT2D eigenvalue weighted by molar-refractivity contribution is 7.98. The molecule has 24 heteroatoms. The summed E-state index contributed by atoms with van der Waals surface area (Å²) < 4.78 is 22.2. The minimum Gasteiger partial charge on any atom is -1.00 e. The summed E-state index contributed by atoms with van der Waals surface area (Å²) in [6, 6.07) is -3.89. The van der Waals surface area contributed by atoms with Gasteiger partial charge in [-0.3, -0.25) is 33.6 Å². The molecule has 0 saturated heterocycles. The average molecular weight is 1120 g/mol. The number of rotatable bonds is 28.